The van der Waals surface area contributed by atoms with Gasteiger partial charge in [0.15, 0.2) is 5.78 Å². The van der Waals surface area contributed by atoms with E-state index in [1.165, 1.54) is 24.8 Å². The zero-order valence-electron chi connectivity index (χ0n) is 10.8. The zero-order chi connectivity index (χ0) is 13.2. The largest absolute Gasteiger partial charge is 0.399 e. The second-order valence-electron chi connectivity index (χ2n) is 5.20. The van der Waals surface area contributed by atoms with Crippen molar-refractivity contribution in [3.05, 3.63) is 65.2 Å². The van der Waals surface area contributed by atoms with E-state index < -0.39 is 0 Å². The lowest BCUT2D eigenvalue weighted by molar-refractivity contribution is 0.103. The summed E-state index contributed by atoms with van der Waals surface area (Å²) >= 11 is 0. The van der Waals surface area contributed by atoms with E-state index in [2.05, 4.69) is 12.1 Å². The normalized spacial score (nSPS) is 14.9. The maximum atomic E-state index is 12.3. The molecular formula is C17H17NO. The first kappa shape index (κ1) is 12.0. The molecule has 2 heteroatoms. The topological polar surface area (TPSA) is 43.1 Å². The second-order valence-corrected chi connectivity index (χ2v) is 5.20. The molecule has 0 bridgehead atoms. The Morgan fingerprint density at radius 1 is 0.895 bits per heavy atom. The molecule has 0 spiro atoms. The van der Waals surface area contributed by atoms with E-state index >= 15 is 0 Å². The Labute approximate surface area is 113 Å². The molecule has 0 aromatic heterocycles. The maximum absolute atomic E-state index is 12.3. The van der Waals surface area contributed by atoms with Gasteiger partial charge in [0.1, 0.15) is 0 Å². The average molecular weight is 251 g/mol. The first-order chi connectivity index (χ1) is 9.24. The number of carbonyl (C=O) groups is 1. The molecule has 2 nitrogen and oxygen atoms in total. The Hall–Kier alpha value is -2.09. The minimum atomic E-state index is 0.0557. The van der Waals surface area contributed by atoms with Gasteiger partial charge in [0.25, 0.3) is 0 Å². The van der Waals surface area contributed by atoms with Crippen molar-refractivity contribution in [2.75, 3.05) is 5.73 Å². The van der Waals surface area contributed by atoms with Crippen LogP contribution in [0.15, 0.2) is 48.5 Å². The van der Waals surface area contributed by atoms with Gasteiger partial charge in [0.05, 0.1) is 0 Å². The first-order valence-electron chi connectivity index (χ1n) is 6.74. The molecule has 0 atom stereocenters. The van der Waals surface area contributed by atoms with Gasteiger partial charge in [-0.15, -0.1) is 0 Å². The molecule has 2 N–H and O–H groups in total. The summed E-state index contributed by atoms with van der Waals surface area (Å²) in [6, 6.07) is 15.1. The van der Waals surface area contributed by atoms with Gasteiger partial charge in [-0.3, -0.25) is 4.79 Å². The number of hydrogen-bond donors (Lipinski definition) is 1. The minimum absolute atomic E-state index is 0.0557. The van der Waals surface area contributed by atoms with Crippen molar-refractivity contribution in [1.82, 2.24) is 0 Å². The van der Waals surface area contributed by atoms with Gasteiger partial charge in [-0.05, 0) is 48.6 Å². The molecule has 0 unspecified atom stereocenters. The molecule has 19 heavy (non-hydrogen) atoms. The van der Waals surface area contributed by atoms with Crippen molar-refractivity contribution >= 4 is 11.5 Å². The quantitative estimate of drug-likeness (QED) is 0.666. The summed E-state index contributed by atoms with van der Waals surface area (Å²) in [6.07, 6.45) is 3.90. The first-order valence-corrected chi connectivity index (χ1v) is 6.74. The zero-order valence-corrected chi connectivity index (χ0v) is 10.8. The molecule has 2 aromatic rings. The maximum Gasteiger partial charge on any atom is 0.193 e. The summed E-state index contributed by atoms with van der Waals surface area (Å²) < 4.78 is 0. The molecule has 0 radical (unpaired) electrons. The standard InChI is InChI=1S/C17H17NO/c18-16-10-8-15(9-11-16)17(19)14-6-4-13(5-7-14)12-2-1-3-12/h4-12H,1-3,18H2. The molecule has 1 saturated carbocycles. The Bertz CT molecular complexity index is 580. The lowest BCUT2D eigenvalue weighted by Crippen LogP contribution is -2.09. The SMILES string of the molecule is Nc1ccc(C(=O)c2ccc(C3CCC3)cc2)cc1. The van der Waals surface area contributed by atoms with Gasteiger partial charge in [-0.2, -0.15) is 0 Å². The van der Waals surface area contributed by atoms with Gasteiger partial charge >= 0.3 is 0 Å². The van der Waals surface area contributed by atoms with Gasteiger partial charge < -0.3 is 5.73 Å². The van der Waals surface area contributed by atoms with Crippen LogP contribution in [0.25, 0.3) is 0 Å². The van der Waals surface area contributed by atoms with E-state index in [4.69, 9.17) is 5.73 Å². The van der Waals surface area contributed by atoms with Crippen molar-refractivity contribution in [1.29, 1.82) is 0 Å². The summed E-state index contributed by atoms with van der Waals surface area (Å²) in [5.41, 5.74) is 9.10. The Morgan fingerprint density at radius 2 is 1.42 bits per heavy atom. The Morgan fingerprint density at radius 3 is 1.89 bits per heavy atom. The number of nitrogen functional groups attached to an aromatic ring is 1. The van der Waals surface area contributed by atoms with Crippen LogP contribution in [0.2, 0.25) is 0 Å². The smallest absolute Gasteiger partial charge is 0.193 e. The van der Waals surface area contributed by atoms with E-state index in [-0.39, 0.29) is 5.78 Å². The van der Waals surface area contributed by atoms with Crippen molar-refractivity contribution in [3.8, 4) is 0 Å². The fourth-order valence-corrected chi connectivity index (χ4v) is 2.45. The van der Waals surface area contributed by atoms with Crippen molar-refractivity contribution in [2.45, 2.75) is 25.2 Å². The predicted molar refractivity (Wildman–Crippen MR) is 77.3 cm³/mol. The van der Waals surface area contributed by atoms with Crippen LogP contribution in [0.4, 0.5) is 5.69 Å². The number of anilines is 1. The third-order valence-electron chi connectivity index (χ3n) is 3.92. The molecule has 1 fully saturated rings. The highest BCUT2D eigenvalue weighted by Gasteiger charge is 2.19. The molecule has 0 heterocycles. The van der Waals surface area contributed by atoms with Crippen LogP contribution in [-0.2, 0) is 0 Å². The highest BCUT2D eigenvalue weighted by atomic mass is 16.1. The van der Waals surface area contributed by atoms with Gasteiger partial charge in [-0.1, -0.05) is 30.7 Å². The number of hydrogen-bond acceptors (Lipinski definition) is 2. The van der Waals surface area contributed by atoms with Crippen molar-refractivity contribution < 1.29 is 4.79 Å². The summed E-state index contributed by atoms with van der Waals surface area (Å²) in [6.45, 7) is 0. The summed E-state index contributed by atoms with van der Waals surface area (Å²) in [5.74, 6) is 0.765. The molecule has 0 aliphatic heterocycles. The molecule has 3 rings (SSSR count). The number of benzene rings is 2. The summed E-state index contributed by atoms with van der Waals surface area (Å²) in [5, 5.41) is 0. The van der Waals surface area contributed by atoms with Crippen LogP contribution in [0.3, 0.4) is 0 Å². The third kappa shape index (κ3) is 2.39. The summed E-state index contributed by atoms with van der Waals surface area (Å²) in [7, 11) is 0. The summed E-state index contributed by atoms with van der Waals surface area (Å²) in [4.78, 5) is 12.3. The predicted octanol–water partition coefficient (Wildman–Crippen LogP) is 3.77. The molecule has 1 aliphatic carbocycles. The average Bonchev–Trinajstić information content (AvgIpc) is 2.38. The highest BCUT2D eigenvalue weighted by molar-refractivity contribution is 6.09. The number of carbonyl (C=O) groups excluding carboxylic acids is 1. The number of nitrogens with two attached hydrogens (primary N) is 1. The number of ketones is 1. The molecule has 0 saturated heterocycles. The minimum Gasteiger partial charge on any atom is -0.399 e. The number of rotatable bonds is 3. The molecule has 96 valence electrons. The molecule has 1 aliphatic rings. The Balaban J connectivity index is 1.81. The van der Waals surface area contributed by atoms with Crippen molar-refractivity contribution in [2.24, 2.45) is 0 Å². The fourth-order valence-electron chi connectivity index (χ4n) is 2.45. The van der Waals surface area contributed by atoms with Crippen LogP contribution < -0.4 is 5.73 Å². The van der Waals surface area contributed by atoms with Gasteiger partial charge in [0.2, 0.25) is 0 Å². The lowest BCUT2D eigenvalue weighted by atomic mass is 9.80. The Kier molecular flexibility index (Phi) is 3.08. The van der Waals surface area contributed by atoms with Crippen LogP contribution in [0.1, 0.15) is 46.7 Å². The van der Waals surface area contributed by atoms with Crippen LogP contribution in [0, 0.1) is 0 Å². The van der Waals surface area contributed by atoms with Gasteiger partial charge in [0, 0.05) is 16.8 Å². The van der Waals surface area contributed by atoms with Gasteiger partial charge in [-0.25, -0.2) is 0 Å². The van der Waals surface area contributed by atoms with Crippen LogP contribution in [-0.4, -0.2) is 5.78 Å². The molecule has 2 aromatic carbocycles. The van der Waals surface area contributed by atoms with Crippen LogP contribution >= 0.6 is 0 Å². The highest BCUT2D eigenvalue weighted by Crippen LogP contribution is 2.36. The fraction of sp³-hybridized carbons (Fsp3) is 0.235. The lowest BCUT2D eigenvalue weighted by Gasteiger charge is -2.25. The van der Waals surface area contributed by atoms with E-state index in [9.17, 15) is 4.79 Å². The molecule has 0 amide bonds. The van der Waals surface area contributed by atoms with E-state index in [0.29, 0.717) is 17.2 Å². The third-order valence-corrected chi connectivity index (χ3v) is 3.92. The second kappa shape index (κ2) is 4.88. The van der Waals surface area contributed by atoms with Crippen molar-refractivity contribution in [3.63, 3.8) is 0 Å². The van der Waals surface area contributed by atoms with Crippen LogP contribution in [0.5, 0.6) is 0 Å². The molecular weight excluding hydrogens is 234 g/mol. The monoisotopic (exact) mass is 251 g/mol. The van der Waals surface area contributed by atoms with E-state index in [0.717, 1.165) is 5.56 Å². The van der Waals surface area contributed by atoms with E-state index in [1.54, 1.807) is 24.3 Å². The van der Waals surface area contributed by atoms with E-state index in [1.807, 2.05) is 12.1 Å².